The van der Waals surface area contributed by atoms with Crippen LogP contribution in [0.1, 0.15) is 10.4 Å². The first kappa shape index (κ1) is 13.1. The lowest BCUT2D eigenvalue weighted by Crippen LogP contribution is -2.35. The molecule has 0 bridgehead atoms. The Morgan fingerprint density at radius 3 is 2.36 bits per heavy atom. The first-order valence-electron chi connectivity index (χ1n) is 7.19. The SMILES string of the molecule is O=C(O)N1CC2CN(C(=O)c3ccc4n[nH]nc4c3)CC2C1. The normalized spacial score (nSPS) is 24.0. The van der Waals surface area contributed by atoms with Gasteiger partial charge in [-0.2, -0.15) is 15.4 Å². The molecule has 2 amide bonds. The van der Waals surface area contributed by atoms with Crippen LogP contribution in [0, 0.1) is 11.8 Å². The van der Waals surface area contributed by atoms with E-state index in [9.17, 15) is 9.59 Å². The summed E-state index contributed by atoms with van der Waals surface area (Å²) < 4.78 is 0. The number of H-pyrrole nitrogens is 1. The van der Waals surface area contributed by atoms with Gasteiger partial charge in [-0.3, -0.25) is 4.79 Å². The third-order valence-corrected chi connectivity index (χ3v) is 4.61. The molecule has 2 aliphatic heterocycles. The van der Waals surface area contributed by atoms with Gasteiger partial charge in [0.05, 0.1) is 0 Å². The summed E-state index contributed by atoms with van der Waals surface area (Å²) >= 11 is 0. The Balaban J connectivity index is 1.50. The number of fused-ring (bicyclic) bond motifs is 2. The monoisotopic (exact) mass is 301 g/mol. The molecule has 2 aromatic rings. The fraction of sp³-hybridized carbons (Fsp3) is 0.429. The summed E-state index contributed by atoms with van der Waals surface area (Å²) in [4.78, 5) is 26.9. The number of carbonyl (C=O) groups is 2. The van der Waals surface area contributed by atoms with Crippen LogP contribution in [0.4, 0.5) is 4.79 Å². The summed E-state index contributed by atoms with van der Waals surface area (Å²) in [6.45, 7) is 2.27. The molecular formula is C14H15N5O3. The molecule has 0 spiro atoms. The molecule has 2 saturated heterocycles. The lowest BCUT2D eigenvalue weighted by atomic mass is 10.0. The van der Waals surface area contributed by atoms with E-state index in [4.69, 9.17) is 5.11 Å². The molecule has 4 rings (SSSR count). The minimum atomic E-state index is -0.872. The second kappa shape index (κ2) is 4.69. The maximum atomic E-state index is 12.6. The van der Waals surface area contributed by atoms with Gasteiger partial charge in [-0.15, -0.1) is 0 Å². The first-order valence-corrected chi connectivity index (χ1v) is 7.19. The predicted octanol–water partition coefficient (Wildman–Crippen LogP) is 0.640. The molecule has 1 aromatic heterocycles. The van der Waals surface area contributed by atoms with Gasteiger partial charge < -0.3 is 14.9 Å². The van der Waals surface area contributed by atoms with E-state index in [1.54, 1.807) is 18.2 Å². The molecule has 2 unspecified atom stereocenters. The Bertz CT molecular complexity index is 744. The van der Waals surface area contributed by atoms with Crippen molar-refractivity contribution < 1.29 is 14.7 Å². The van der Waals surface area contributed by atoms with E-state index < -0.39 is 6.09 Å². The standard InChI is InChI=1S/C14H15N5O3/c20-13(8-1-2-11-12(3-8)16-17-15-11)18-4-9-6-19(14(21)22)7-10(9)5-18/h1-3,9-10H,4-7H2,(H,21,22)(H,15,16,17). The summed E-state index contributed by atoms with van der Waals surface area (Å²) in [5, 5.41) is 19.5. The molecule has 8 nitrogen and oxygen atoms in total. The van der Waals surface area contributed by atoms with Crippen molar-refractivity contribution in [2.75, 3.05) is 26.2 Å². The second-order valence-electron chi connectivity index (χ2n) is 5.94. The summed E-state index contributed by atoms with van der Waals surface area (Å²) in [6, 6.07) is 5.26. The molecule has 3 heterocycles. The fourth-order valence-corrected chi connectivity index (χ4v) is 3.47. The summed E-state index contributed by atoms with van der Waals surface area (Å²) in [7, 11) is 0. The number of rotatable bonds is 1. The number of nitrogens with zero attached hydrogens (tertiary/aromatic N) is 4. The fourth-order valence-electron chi connectivity index (χ4n) is 3.47. The van der Waals surface area contributed by atoms with Crippen LogP contribution >= 0.6 is 0 Å². The number of benzene rings is 1. The van der Waals surface area contributed by atoms with E-state index in [0.717, 1.165) is 5.52 Å². The molecule has 22 heavy (non-hydrogen) atoms. The van der Waals surface area contributed by atoms with Gasteiger partial charge in [0.2, 0.25) is 0 Å². The number of likely N-dealkylation sites (tertiary alicyclic amines) is 2. The Morgan fingerprint density at radius 2 is 1.68 bits per heavy atom. The van der Waals surface area contributed by atoms with E-state index in [-0.39, 0.29) is 17.7 Å². The molecule has 0 aliphatic carbocycles. The Kier molecular flexibility index (Phi) is 2.78. The topological polar surface area (TPSA) is 102 Å². The van der Waals surface area contributed by atoms with E-state index in [1.807, 2.05) is 4.90 Å². The summed E-state index contributed by atoms with van der Waals surface area (Å²) in [5.41, 5.74) is 1.99. The minimum Gasteiger partial charge on any atom is -0.465 e. The van der Waals surface area contributed by atoms with Crippen LogP contribution in [0.5, 0.6) is 0 Å². The number of nitrogens with one attached hydrogen (secondary N) is 1. The zero-order valence-electron chi connectivity index (χ0n) is 11.8. The van der Waals surface area contributed by atoms with Crippen LogP contribution in [0.25, 0.3) is 11.0 Å². The van der Waals surface area contributed by atoms with Gasteiger partial charge >= 0.3 is 6.09 Å². The molecule has 2 fully saturated rings. The maximum absolute atomic E-state index is 12.6. The molecule has 114 valence electrons. The predicted molar refractivity (Wildman–Crippen MR) is 76.4 cm³/mol. The van der Waals surface area contributed by atoms with Gasteiger partial charge in [-0.1, -0.05) is 0 Å². The molecule has 2 aliphatic rings. The smallest absolute Gasteiger partial charge is 0.407 e. The zero-order valence-corrected chi connectivity index (χ0v) is 11.8. The van der Waals surface area contributed by atoms with Crippen molar-refractivity contribution in [2.24, 2.45) is 11.8 Å². The van der Waals surface area contributed by atoms with Crippen molar-refractivity contribution in [3.05, 3.63) is 23.8 Å². The number of hydrogen-bond donors (Lipinski definition) is 2. The van der Waals surface area contributed by atoms with Crippen molar-refractivity contribution in [3.63, 3.8) is 0 Å². The molecule has 8 heteroatoms. The third-order valence-electron chi connectivity index (χ3n) is 4.61. The second-order valence-corrected chi connectivity index (χ2v) is 5.94. The number of aromatic amines is 1. The zero-order chi connectivity index (χ0) is 15.3. The first-order chi connectivity index (χ1) is 10.6. The van der Waals surface area contributed by atoms with Crippen molar-refractivity contribution in [3.8, 4) is 0 Å². The van der Waals surface area contributed by atoms with Crippen molar-refractivity contribution in [1.82, 2.24) is 25.2 Å². The minimum absolute atomic E-state index is 0.0267. The quantitative estimate of drug-likeness (QED) is 0.804. The highest BCUT2D eigenvalue weighted by Gasteiger charge is 2.43. The molecule has 1 aromatic carbocycles. The highest BCUT2D eigenvalue weighted by atomic mass is 16.4. The highest BCUT2D eigenvalue weighted by molar-refractivity contribution is 5.97. The maximum Gasteiger partial charge on any atom is 0.407 e. The van der Waals surface area contributed by atoms with E-state index in [1.165, 1.54) is 4.90 Å². The Labute approximate surface area is 125 Å². The van der Waals surface area contributed by atoms with Gasteiger partial charge in [0.15, 0.2) is 0 Å². The third kappa shape index (κ3) is 1.99. The average molecular weight is 301 g/mol. The van der Waals surface area contributed by atoms with Crippen molar-refractivity contribution in [2.45, 2.75) is 0 Å². The largest absolute Gasteiger partial charge is 0.465 e. The van der Waals surface area contributed by atoms with Gasteiger partial charge in [-0.25, -0.2) is 4.79 Å². The molecule has 2 N–H and O–H groups in total. The van der Waals surface area contributed by atoms with Gasteiger partial charge in [0, 0.05) is 43.6 Å². The lowest BCUT2D eigenvalue weighted by Gasteiger charge is -2.20. The Morgan fingerprint density at radius 1 is 1.05 bits per heavy atom. The van der Waals surface area contributed by atoms with Crippen LogP contribution in [-0.2, 0) is 0 Å². The van der Waals surface area contributed by atoms with Crippen molar-refractivity contribution in [1.29, 1.82) is 0 Å². The number of hydrogen-bond acceptors (Lipinski definition) is 4. The molecular weight excluding hydrogens is 286 g/mol. The number of carboxylic acid groups (broad SMARTS) is 1. The lowest BCUT2D eigenvalue weighted by molar-refractivity contribution is 0.0774. The Hall–Kier alpha value is -2.64. The van der Waals surface area contributed by atoms with Gasteiger partial charge in [0.1, 0.15) is 11.0 Å². The van der Waals surface area contributed by atoms with E-state index in [0.29, 0.717) is 37.3 Å². The molecule has 0 saturated carbocycles. The number of aromatic nitrogens is 3. The van der Waals surface area contributed by atoms with Gasteiger partial charge in [-0.05, 0) is 18.2 Å². The summed E-state index contributed by atoms with van der Waals surface area (Å²) in [5.74, 6) is 0.466. The van der Waals surface area contributed by atoms with Crippen LogP contribution in [-0.4, -0.2) is 68.5 Å². The van der Waals surface area contributed by atoms with Crippen molar-refractivity contribution >= 4 is 23.0 Å². The highest BCUT2D eigenvalue weighted by Crippen LogP contribution is 2.32. The average Bonchev–Trinajstić information content (AvgIpc) is 3.18. The van der Waals surface area contributed by atoms with Crippen LogP contribution < -0.4 is 0 Å². The van der Waals surface area contributed by atoms with Gasteiger partial charge in [0.25, 0.3) is 5.91 Å². The number of amides is 2. The van der Waals surface area contributed by atoms with Crippen LogP contribution in [0.15, 0.2) is 18.2 Å². The molecule has 0 radical (unpaired) electrons. The number of carbonyl (C=O) groups excluding carboxylic acids is 1. The van der Waals surface area contributed by atoms with E-state index >= 15 is 0 Å². The van der Waals surface area contributed by atoms with Crippen LogP contribution in [0.3, 0.4) is 0 Å². The molecule has 2 atom stereocenters. The summed E-state index contributed by atoms with van der Waals surface area (Å²) in [6.07, 6.45) is -0.872. The van der Waals surface area contributed by atoms with Crippen LogP contribution in [0.2, 0.25) is 0 Å². The van der Waals surface area contributed by atoms with E-state index in [2.05, 4.69) is 15.4 Å².